The molecular weight excluding hydrogens is 552 g/mol. The van der Waals surface area contributed by atoms with E-state index in [1.165, 1.54) is 9.80 Å². The number of aliphatic hydroxyl groups excluding tert-OH is 1. The second-order valence-electron chi connectivity index (χ2n) is 9.37. The molecule has 3 aliphatic heterocycles. The van der Waals surface area contributed by atoms with Crippen LogP contribution in [0.2, 0.25) is 5.02 Å². The third kappa shape index (κ3) is 4.20. The Morgan fingerprint density at radius 3 is 2.75 bits per heavy atom. The highest BCUT2D eigenvalue weighted by Gasteiger charge is 2.77. The molecule has 3 aliphatic rings. The molecule has 0 aliphatic carbocycles. The van der Waals surface area contributed by atoms with Crippen LogP contribution in [0.4, 0.5) is 5.69 Å². The number of fused-ring (bicyclic) bond motifs is 1. The minimum absolute atomic E-state index is 0.142. The summed E-state index contributed by atoms with van der Waals surface area (Å²) in [5, 5.41) is 10.4. The number of aliphatic hydroxyl groups is 1. The molecule has 0 radical (unpaired) electrons. The Kier molecular flexibility index (Phi) is 7.95. The quantitative estimate of drug-likeness (QED) is 0.197. The van der Waals surface area contributed by atoms with Gasteiger partial charge in [-0.2, -0.15) is 0 Å². The number of para-hydroxylation sites is 1. The van der Waals surface area contributed by atoms with Gasteiger partial charge in [0.1, 0.15) is 11.6 Å². The summed E-state index contributed by atoms with van der Waals surface area (Å²) < 4.78 is 11.9. The van der Waals surface area contributed by atoms with E-state index in [0.717, 1.165) is 0 Å². The van der Waals surface area contributed by atoms with E-state index in [1.54, 1.807) is 43.3 Å². The van der Waals surface area contributed by atoms with Crippen molar-refractivity contribution in [3.05, 3.63) is 54.6 Å². The van der Waals surface area contributed by atoms with Crippen molar-refractivity contribution >= 4 is 51.0 Å². The minimum Gasteiger partial charge on any atom is -0.465 e. The fraction of sp³-hybridized carbons (Fsp3) is 0.500. The smallest absolute Gasteiger partial charge is 0.312 e. The van der Waals surface area contributed by atoms with Crippen molar-refractivity contribution in [1.29, 1.82) is 0 Å². The van der Waals surface area contributed by atoms with Gasteiger partial charge in [0.15, 0.2) is 0 Å². The lowest BCUT2D eigenvalue weighted by Gasteiger charge is -2.38. The molecular formula is C26H30BrClN2O6. The zero-order valence-electron chi connectivity index (χ0n) is 20.0. The van der Waals surface area contributed by atoms with Crippen LogP contribution in [0.1, 0.15) is 19.8 Å². The van der Waals surface area contributed by atoms with E-state index in [2.05, 4.69) is 29.1 Å². The molecule has 3 heterocycles. The first-order valence-electron chi connectivity index (χ1n) is 11.9. The van der Waals surface area contributed by atoms with Gasteiger partial charge < -0.3 is 24.4 Å². The highest BCUT2D eigenvalue weighted by Crippen LogP contribution is 2.60. The van der Waals surface area contributed by atoms with Crippen molar-refractivity contribution in [1.82, 2.24) is 4.90 Å². The summed E-state index contributed by atoms with van der Waals surface area (Å²) in [6.07, 6.45) is 3.43. The Hall–Kier alpha value is -2.20. The fourth-order valence-electron chi connectivity index (χ4n) is 5.77. The zero-order chi connectivity index (χ0) is 26.2. The molecule has 2 amide bonds. The van der Waals surface area contributed by atoms with Crippen LogP contribution in [0.3, 0.4) is 0 Å². The SMILES string of the molecule is C=CCCOC(=O)[C@H]1[C@@H]2OC3(CC2Br)C(C(=O)N(CC=C)c2ccccc2Cl)N([C@H](C)CO)C(=O)[C@H]13. The number of esters is 1. The van der Waals surface area contributed by atoms with Crippen LogP contribution in [0.5, 0.6) is 0 Å². The topological polar surface area (TPSA) is 96.4 Å². The van der Waals surface area contributed by atoms with Gasteiger partial charge in [0, 0.05) is 11.4 Å². The Bertz CT molecular complexity index is 1070. The van der Waals surface area contributed by atoms with Gasteiger partial charge in [-0.25, -0.2) is 0 Å². The summed E-state index contributed by atoms with van der Waals surface area (Å²) in [6.45, 7) is 9.01. The highest BCUT2D eigenvalue weighted by atomic mass is 79.9. The lowest BCUT2D eigenvalue weighted by atomic mass is 9.70. The Morgan fingerprint density at radius 1 is 1.39 bits per heavy atom. The molecule has 1 aromatic carbocycles. The molecule has 0 aromatic heterocycles. The van der Waals surface area contributed by atoms with Crippen molar-refractivity contribution in [3.8, 4) is 0 Å². The van der Waals surface area contributed by atoms with Gasteiger partial charge in [0.25, 0.3) is 5.91 Å². The molecule has 10 heteroatoms. The van der Waals surface area contributed by atoms with Crippen LogP contribution >= 0.6 is 27.5 Å². The second-order valence-corrected chi connectivity index (χ2v) is 11.0. The lowest BCUT2D eigenvalue weighted by Crippen LogP contribution is -2.58. The third-order valence-electron chi connectivity index (χ3n) is 7.26. The number of carbonyl (C=O) groups excluding carboxylic acids is 3. The van der Waals surface area contributed by atoms with Crippen molar-refractivity contribution in [2.45, 2.75) is 48.4 Å². The minimum atomic E-state index is -1.26. The number of likely N-dealkylation sites (tertiary alicyclic amines) is 1. The average molecular weight is 582 g/mol. The molecule has 194 valence electrons. The van der Waals surface area contributed by atoms with Crippen LogP contribution in [0.15, 0.2) is 49.6 Å². The van der Waals surface area contributed by atoms with Gasteiger partial charge in [0.2, 0.25) is 5.91 Å². The third-order valence-corrected chi connectivity index (χ3v) is 8.42. The predicted molar refractivity (Wildman–Crippen MR) is 139 cm³/mol. The number of benzene rings is 1. The number of rotatable bonds is 10. The summed E-state index contributed by atoms with van der Waals surface area (Å²) in [5.41, 5.74) is -0.796. The first-order valence-corrected chi connectivity index (χ1v) is 13.2. The lowest BCUT2D eigenvalue weighted by molar-refractivity contribution is -0.155. The molecule has 7 atom stereocenters. The summed E-state index contributed by atoms with van der Waals surface area (Å²) >= 11 is 10.1. The van der Waals surface area contributed by atoms with E-state index >= 15 is 0 Å². The first kappa shape index (κ1) is 26.9. The molecule has 36 heavy (non-hydrogen) atoms. The number of anilines is 1. The summed E-state index contributed by atoms with van der Waals surface area (Å²) in [4.78, 5) is 44.0. The van der Waals surface area contributed by atoms with Crippen LogP contribution in [0, 0.1) is 11.8 Å². The summed E-state index contributed by atoms with van der Waals surface area (Å²) in [6, 6.07) is 5.16. The zero-order valence-corrected chi connectivity index (χ0v) is 22.4. The normalized spacial score (nSPS) is 31.2. The number of alkyl halides is 1. The molecule has 1 N–H and O–H groups in total. The summed E-state index contributed by atoms with van der Waals surface area (Å²) in [5.74, 6) is -3.14. The van der Waals surface area contributed by atoms with Crippen molar-refractivity contribution in [2.75, 3.05) is 24.7 Å². The van der Waals surface area contributed by atoms with Gasteiger partial charge >= 0.3 is 5.97 Å². The van der Waals surface area contributed by atoms with Crippen molar-refractivity contribution < 1.29 is 29.0 Å². The number of halogens is 2. The molecule has 3 fully saturated rings. The monoisotopic (exact) mass is 580 g/mol. The maximum Gasteiger partial charge on any atom is 0.312 e. The van der Waals surface area contributed by atoms with Gasteiger partial charge in [0.05, 0.1) is 47.9 Å². The van der Waals surface area contributed by atoms with Gasteiger partial charge in [-0.3, -0.25) is 14.4 Å². The second kappa shape index (κ2) is 10.7. The van der Waals surface area contributed by atoms with E-state index in [1.807, 2.05) is 0 Å². The van der Waals surface area contributed by atoms with Crippen LogP contribution < -0.4 is 4.90 Å². The maximum absolute atomic E-state index is 14.3. The Balaban J connectivity index is 1.79. The maximum atomic E-state index is 14.3. The standard InChI is InChI=1S/C26H30BrClN2O6/c1-4-6-12-35-25(34)19-20-23(32)30(15(3)14-31)22(26(20)13-16(27)21(19)36-26)24(33)29(11-5-2)18-10-8-7-9-17(18)28/h4-5,7-10,15-16,19-22,31H,1-2,6,11-14H2,3H3/t15-,16?,19-,20+,21-,22?,26?/m1/s1. The molecule has 3 unspecified atom stereocenters. The predicted octanol–water partition coefficient (Wildman–Crippen LogP) is 3.11. The number of ether oxygens (including phenoxy) is 2. The van der Waals surface area contributed by atoms with E-state index in [4.69, 9.17) is 21.1 Å². The first-order chi connectivity index (χ1) is 17.2. The number of nitrogens with zero attached hydrogens (tertiary/aromatic N) is 2. The van der Waals surface area contributed by atoms with E-state index in [0.29, 0.717) is 23.6 Å². The van der Waals surface area contributed by atoms with Gasteiger partial charge in [-0.15, -0.1) is 13.2 Å². The Morgan fingerprint density at radius 2 is 2.11 bits per heavy atom. The number of hydrogen-bond donors (Lipinski definition) is 1. The number of carbonyl (C=O) groups is 3. The average Bonchev–Trinajstić information content (AvgIpc) is 3.45. The van der Waals surface area contributed by atoms with E-state index in [-0.39, 0.29) is 24.6 Å². The molecule has 4 rings (SSSR count). The van der Waals surface area contributed by atoms with Crippen LogP contribution in [-0.2, 0) is 23.9 Å². The summed E-state index contributed by atoms with van der Waals surface area (Å²) in [7, 11) is 0. The van der Waals surface area contributed by atoms with Gasteiger partial charge in [-0.1, -0.05) is 51.8 Å². The largest absolute Gasteiger partial charge is 0.465 e. The molecule has 1 spiro atoms. The van der Waals surface area contributed by atoms with E-state index < -0.39 is 53.4 Å². The highest BCUT2D eigenvalue weighted by molar-refractivity contribution is 9.09. The van der Waals surface area contributed by atoms with Crippen molar-refractivity contribution in [2.24, 2.45) is 11.8 Å². The number of hydrogen-bond acceptors (Lipinski definition) is 6. The molecule has 8 nitrogen and oxygen atoms in total. The van der Waals surface area contributed by atoms with Crippen molar-refractivity contribution in [3.63, 3.8) is 0 Å². The van der Waals surface area contributed by atoms with E-state index in [9.17, 15) is 19.5 Å². The molecule has 3 saturated heterocycles. The Labute approximate surface area is 224 Å². The van der Waals surface area contributed by atoms with Gasteiger partial charge in [-0.05, 0) is 31.9 Å². The van der Waals surface area contributed by atoms with Crippen LogP contribution in [-0.4, -0.2) is 76.2 Å². The molecule has 2 bridgehead atoms. The molecule has 0 saturated carbocycles. The fourth-order valence-corrected chi connectivity index (χ4v) is 6.95. The number of amides is 2. The molecule has 1 aromatic rings. The van der Waals surface area contributed by atoms with Crippen LogP contribution in [0.25, 0.3) is 0 Å².